The molecule has 2 nitrogen and oxygen atoms in total. The Hall–Kier alpha value is 0.210. The van der Waals surface area contributed by atoms with Gasteiger partial charge in [-0.05, 0) is 31.1 Å². The van der Waals surface area contributed by atoms with Crippen LogP contribution in [0.3, 0.4) is 0 Å². The molecule has 0 bridgehead atoms. The van der Waals surface area contributed by atoms with Crippen molar-refractivity contribution in [2.45, 2.75) is 38.5 Å². The van der Waals surface area contributed by atoms with Crippen LogP contribution in [0.4, 0.5) is 0 Å². The minimum absolute atomic E-state index is 0.392. The molecule has 0 heterocycles. The van der Waals surface area contributed by atoms with E-state index in [4.69, 9.17) is 21.1 Å². The summed E-state index contributed by atoms with van der Waals surface area (Å²) in [6, 6.07) is 0. The molecule has 0 amide bonds. The summed E-state index contributed by atoms with van der Waals surface area (Å²) in [5, 5.41) is 0. The molecule has 3 heteroatoms. The van der Waals surface area contributed by atoms with Gasteiger partial charge >= 0.3 is 0 Å². The highest BCUT2D eigenvalue weighted by atomic mass is 35.5. The molecule has 0 aromatic carbocycles. The van der Waals surface area contributed by atoms with E-state index >= 15 is 0 Å². The van der Waals surface area contributed by atoms with Gasteiger partial charge in [0.05, 0.1) is 0 Å². The van der Waals surface area contributed by atoms with Crippen LogP contribution in [-0.4, -0.2) is 32.8 Å². The summed E-state index contributed by atoms with van der Waals surface area (Å²) < 4.78 is 10.5. The van der Waals surface area contributed by atoms with Crippen LogP contribution in [0.25, 0.3) is 0 Å². The van der Waals surface area contributed by atoms with Gasteiger partial charge in [-0.1, -0.05) is 12.8 Å². The fraction of sp³-hybridized carbons (Fsp3) is 1.00. The van der Waals surface area contributed by atoms with Crippen LogP contribution in [0.15, 0.2) is 0 Å². The van der Waals surface area contributed by atoms with Crippen LogP contribution >= 0.6 is 11.6 Å². The third kappa shape index (κ3) is 4.71. The highest BCUT2D eigenvalue weighted by Crippen LogP contribution is 2.41. The molecular weight excluding hydrogens is 212 g/mol. The standard InChI is InChI=1S/C12H23ClO2/c1-14-8-4-9-15-10-7-12(11-13)5-2-3-6-12/h2-11H2,1H3. The van der Waals surface area contributed by atoms with E-state index in [0.29, 0.717) is 5.41 Å². The lowest BCUT2D eigenvalue weighted by atomic mass is 9.85. The lowest BCUT2D eigenvalue weighted by Gasteiger charge is -2.25. The van der Waals surface area contributed by atoms with Gasteiger partial charge < -0.3 is 9.47 Å². The number of ether oxygens (including phenoxy) is 2. The van der Waals surface area contributed by atoms with Crippen molar-refractivity contribution in [3.8, 4) is 0 Å². The zero-order valence-electron chi connectivity index (χ0n) is 9.77. The fourth-order valence-corrected chi connectivity index (χ4v) is 2.67. The molecule has 90 valence electrons. The predicted molar refractivity (Wildman–Crippen MR) is 63.6 cm³/mol. The molecule has 0 atom stereocenters. The largest absolute Gasteiger partial charge is 0.385 e. The first-order valence-electron chi connectivity index (χ1n) is 5.96. The Labute approximate surface area is 98.3 Å². The summed E-state index contributed by atoms with van der Waals surface area (Å²) in [6.07, 6.45) is 7.39. The van der Waals surface area contributed by atoms with Crippen molar-refractivity contribution in [2.24, 2.45) is 5.41 Å². The first kappa shape index (κ1) is 13.3. The van der Waals surface area contributed by atoms with Crippen LogP contribution in [0.1, 0.15) is 38.5 Å². The first-order chi connectivity index (χ1) is 7.33. The molecule has 0 N–H and O–H groups in total. The Morgan fingerprint density at radius 3 is 2.47 bits per heavy atom. The van der Waals surface area contributed by atoms with Crippen molar-refractivity contribution in [1.29, 1.82) is 0 Å². The molecule has 0 aromatic rings. The van der Waals surface area contributed by atoms with Crippen LogP contribution in [0.2, 0.25) is 0 Å². The van der Waals surface area contributed by atoms with Gasteiger partial charge in [0.2, 0.25) is 0 Å². The van der Waals surface area contributed by atoms with E-state index in [9.17, 15) is 0 Å². The number of rotatable bonds is 8. The number of methoxy groups -OCH3 is 1. The number of halogens is 1. The number of hydrogen-bond donors (Lipinski definition) is 0. The molecule has 0 saturated heterocycles. The zero-order chi connectivity index (χ0) is 11.0. The third-order valence-electron chi connectivity index (χ3n) is 3.36. The van der Waals surface area contributed by atoms with Crippen molar-refractivity contribution < 1.29 is 9.47 Å². The highest BCUT2D eigenvalue weighted by Gasteiger charge is 2.32. The second-order valence-corrected chi connectivity index (χ2v) is 4.82. The van der Waals surface area contributed by atoms with Crippen molar-refractivity contribution >= 4 is 11.6 Å². The van der Waals surface area contributed by atoms with E-state index in [2.05, 4.69) is 0 Å². The first-order valence-corrected chi connectivity index (χ1v) is 6.49. The lowest BCUT2D eigenvalue weighted by molar-refractivity contribution is 0.0815. The topological polar surface area (TPSA) is 18.5 Å². The summed E-state index contributed by atoms with van der Waals surface area (Å²) in [4.78, 5) is 0. The Kier molecular flexibility index (Phi) is 6.62. The highest BCUT2D eigenvalue weighted by molar-refractivity contribution is 6.18. The van der Waals surface area contributed by atoms with Crippen LogP contribution < -0.4 is 0 Å². The molecule has 1 fully saturated rings. The second-order valence-electron chi connectivity index (χ2n) is 4.55. The smallest absolute Gasteiger partial charge is 0.0487 e. The van der Waals surface area contributed by atoms with Gasteiger partial charge in [-0.3, -0.25) is 0 Å². The van der Waals surface area contributed by atoms with Crippen LogP contribution in [0, 0.1) is 5.41 Å². The van der Waals surface area contributed by atoms with Gasteiger partial charge in [-0.25, -0.2) is 0 Å². The van der Waals surface area contributed by atoms with Gasteiger partial charge in [0.15, 0.2) is 0 Å². The van der Waals surface area contributed by atoms with Gasteiger partial charge in [0, 0.05) is 32.8 Å². The second kappa shape index (κ2) is 7.48. The summed E-state index contributed by atoms with van der Waals surface area (Å²) in [7, 11) is 1.72. The molecule has 1 saturated carbocycles. The summed E-state index contributed by atoms with van der Waals surface area (Å²) in [5.74, 6) is 0.800. The maximum atomic E-state index is 6.05. The number of hydrogen-bond acceptors (Lipinski definition) is 2. The van der Waals surface area contributed by atoms with Crippen molar-refractivity contribution in [1.82, 2.24) is 0 Å². The van der Waals surface area contributed by atoms with Gasteiger partial charge in [0.1, 0.15) is 0 Å². The Morgan fingerprint density at radius 2 is 1.87 bits per heavy atom. The zero-order valence-corrected chi connectivity index (χ0v) is 10.5. The van der Waals surface area contributed by atoms with Crippen molar-refractivity contribution in [2.75, 3.05) is 32.8 Å². The minimum Gasteiger partial charge on any atom is -0.385 e. The predicted octanol–water partition coefficient (Wildman–Crippen LogP) is 3.23. The van der Waals surface area contributed by atoms with E-state index in [1.54, 1.807) is 7.11 Å². The summed E-state index contributed by atoms with van der Waals surface area (Å²) >= 11 is 6.05. The SMILES string of the molecule is COCCCOCCC1(CCl)CCCC1. The normalized spacial score (nSPS) is 19.6. The lowest BCUT2D eigenvalue weighted by Crippen LogP contribution is -2.21. The summed E-state index contributed by atoms with van der Waals surface area (Å²) in [6.45, 7) is 2.46. The maximum absolute atomic E-state index is 6.05. The Balaban J connectivity index is 2.02. The third-order valence-corrected chi connectivity index (χ3v) is 3.93. The van der Waals surface area contributed by atoms with E-state index in [0.717, 1.165) is 38.5 Å². The monoisotopic (exact) mass is 234 g/mol. The fourth-order valence-electron chi connectivity index (χ4n) is 2.27. The molecule has 1 aliphatic rings. The van der Waals surface area contributed by atoms with Gasteiger partial charge in [-0.2, -0.15) is 0 Å². The molecule has 0 aliphatic heterocycles. The van der Waals surface area contributed by atoms with E-state index in [-0.39, 0.29) is 0 Å². The molecule has 1 aliphatic carbocycles. The molecule has 1 rings (SSSR count). The van der Waals surface area contributed by atoms with E-state index in [1.807, 2.05) is 0 Å². The summed E-state index contributed by atoms with van der Waals surface area (Å²) in [5.41, 5.74) is 0.392. The minimum atomic E-state index is 0.392. The van der Waals surface area contributed by atoms with Crippen LogP contribution in [-0.2, 0) is 9.47 Å². The van der Waals surface area contributed by atoms with Gasteiger partial charge in [-0.15, -0.1) is 11.6 Å². The quantitative estimate of drug-likeness (QED) is 0.474. The molecule has 0 unspecified atom stereocenters. The van der Waals surface area contributed by atoms with Gasteiger partial charge in [0.25, 0.3) is 0 Å². The number of alkyl halides is 1. The Bertz CT molecular complexity index is 156. The van der Waals surface area contributed by atoms with Crippen molar-refractivity contribution in [3.05, 3.63) is 0 Å². The Morgan fingerprint density at radius 1 is 1.13 bits per heavy atom. The average molecular weight is 235 g/mol. The molecule has 15 heavy (non-hydrogen) atoms. The molecule has 0 radical (unpaired) electrons. The van der Waals surface area contributed by atoms with Crippen LogP contribution in [0.5, 0.6) is 0 Å². The molecular formula is C12H23ClO2. The van der Waals surface area contributed by atoms with E-state index < -0.39 is 0 Å². The molecule has 0 aromatic heterocycles. The maximum Gasteiger partial charge on any atom is 0.0487 e. The average Bonchev–Trinajstić information content (AvgIpc) is 2.73. The van der Waals surface area contributed by atoms with E-state index in [1.165, 1.54) is 25.7 Å². The van der Waals surface area contributed by atoms with Crippen molar-refractivity contribution in [3.63, 3.8) is 0 Å². The molecule has 0 spiro atoms.